The average molecular weight is 210 g/mol. The van der Waals surface area contributed by atoms with Crippen LogP contribution < -0.4 is 0 Å². The second kappa shape index (κ2) is 4.45. The molecule has 15 heavy (non-hydrogen) atoms. The average Bonchev–Trinajstić information content (AvgIpc) is 2.64. The van der Waals surface area contributed by atoms with Crippen LogP contribution in [0.25, 0.3) is 0 Å². The molecule has 2 aliphatic rings. The summed E-state index contributed by atoms with van der Waals surface area (Å²) in [5, 5.41) is 10.6. The molecule has 3 unspecified atom stereocenters. The third kappa shape index (κ3) is 2.75. The zero-order valence-electron chi connectivity index (χ0n) is 10.3. The largest absolute Gasteiger partial charge is 0.390 e. The Bertz CT molecular complexity index is 207. The topological polar surface area (TPSA) is 20.2 Å². The lowest BCUT2D eigenvalue weighted by Gasteiger charge is -2.40. The Kier molecular flexibility index (Phi) is 3.39. The molecule has 1 heteroatoms. The van der Waals surface area contributed by atoms with Crippen molar-refractivity contribution in [3.8, 4) is 0 Å². The molecule has 2 aliphatic carbocycles. The SMILES string of the molecule is CC1CCC(O)(CC2CCCC2)CC1C. The standard InChI is InChI=1S/C14H26O/c1-11-7-8-14(15,9-12(11)2)10-13-5-3-4-6-13/h11-13,15H,3-10H2,1-2H3. The van der Waals surface area contributed by atoms with Crippen LogP contribution in [-0.4, -0.2) is 10.7 Å². The molecule has 2 fully saturated rings. The third-order valence-corrected chi connectivity index (χ3v) is 4.88. The first-order valence-corrected chi connectivity index (χ1v) is 6.81. The minimum Gasteiger partial charge on any atom is -0.390 e. The summed E-state index contributed by atoms with van der Waals surface area (Å²) < 4.78 is 0. The maximum absolute atomic E-state index is 10.6. The molecule has 1 N–H and O–H groups in total. The summed E-state index contributed by atoms with van der Waals surface area (Å²) in [6.07, 6.45) is 9.94. The van der Waals surface area contributed by atoms with Crippen molar-refractivity contribution in [2.45, 2.75) is 70.8 Å². The molecule has 2 rings (SSSR count). The van der Waals surface area contributed by atoms with E-state index in [1.165, 1.54) is 32.1 Å². The van der Waals surface area contributed by atoms with Crippen LogP contribution >= 0.6 is 0 Å². The van der Waals surface area contributed by atoms with Gasteiger partial charge in [-0.15, -0.1) is 0 Å². The summed E-state index contributed by atoms with van der Waals surface area (Å²) in [4.78, 5) is 0. The molecule has 0 aromatic carbocycles. The zero-order valence-corrected chi connectivity index (χ0v) is 10.3. The Morgan fingerprint density at radius 1 is 1.07 bits per heavy atom. The summed E-state index contributed by atoms with van der Waals surface area (Å²) in [5.41, 5.74) is -0.305. The predicted octanol–water partition coefficient (Wildman–Crippen LogP) is 3.75. The fourth-order valence-corrected chi connectivity index (χ4v) is 3.62. The normalized spacial score (nSPS) is 43.4. The van der Waals surface area contributed by atoms with Gasteiger partial charge in [-0.25, -0.2) is 0 Å². The molecular formula is C14H26O. The van der Waals surface area contributed by atoms with Crippen LogP contribution in [0.2, 0.25) is 0 Å². The van der Waals surface area contributed by atoms with E-state index in [2.05, 4.69) is 13.8 Å². The van der Waals surface area contributed by atoms with Crippen LogP contribution in [0.5, 0.6) is 0 Å². The highest BCUT2D eigenvalue weighted by Gasteiger charge is 2.37. The maximum Gasteiger partial charge on any atom is 0.0653 e. The molecule has 2 saturated carbocycles. The van der Waals surface area contributed by atoms with Gasteiger partial charge in [0, 0.05) is 0 Å². The van der Waals surface area contributed by atoms with Crippen molar-refractivity contribution in [3.05, 3.63) is 0 Å². The Hall–Kier alpha value is -0.0400. The molecule has 0 radical (unpaired) electrons. The van der Waals surface area contributed by atoms with Crippen molar-refractivity contribution < 1.29 is 5.11 Å². The lowest BCUT2D eigenvalue weighted by Crippen LogP contribution is -2.39. The van der Waals surface area contributed by atoms with Gasteiger partial charge in [-0.2, -0.15) is 0 Å². The van der Waals surface area contributed by atoms with Gasteiger partial charge < -0.3 is 5.11 Å². The molecule has 0 saturated heterocycles. The number of hydrogen-bond donors (Lipinski definition) is 1. The molecule has 0 spiro atoms. The van der Waals surface area contributed by atoms with E-state index in [0.717, 1.165) is 31.1 Å². The van der Waals surface area contributed by atoms with Gasteiger partial charge in [0.15, 0.2) is 0 Å². The van der Waals surface area contributed by atoms with Gasteiger partial charge >= 0.3 is 0 Å². The fraction of sp³-hybridized carbons (Fsp3) is 1.00. The first-order chi connectivity index (χ1) is 7.09. The van der Waals surface area contributed by atoms with Crippen molar-refractivity contribution in [1.29, 1.82) is 0 Å². The van der Waals surface area contributed by atoms with E-state index in [9.17, 15) is 5.11 Å². The van der Waals surface area contributed by atoms with Crippen LogP contribution in [0.15, 0.2) is 0 Å². The molecule has 1 nitrogen and oxygen atoms in total. The molecule has 0 amide bonds. The summed E-state index contributed by atoms with van der Waals surface area (Å²) in [6, 6.07) is 0. The van der Waals surface area contributed by atoms with Crippen LogP contribution in [0.3, 0.4) is 0 Å². The predicted molar refractivity (Wildman–Crippen MR) is 63.7 cm³/mol. The molecule has 88 valence electrons. The van der Waals surface area contributed by atoms with E-state index in [1.54, 1.807) is 0 Å². The van der Waals surface area contributed by atoms with Crippen molar-refractivity contribution in [2.75, 3.05) is 0 Å². The van der Waals surface area contributed by atoms with Crippen molar-refractivity contribution >= 4 is 0 Å². The van der Waals surface area contributed by atoms with Crippen LogP contribution in [-0.2, 0) is 0 Å². The molecule has 0 aromatic heterocycles. The lowest BCUT2D eigenvalue weighted by atomic mass is 9.70. The van der Waals surface area contributed by atoms with Gasteiger partial charge in [0.25, 0.3) is 0 Å². The maximum atomic E-state index is 10.6. The van der Waals surface area contributed by atoms with Crippen molar-refractivity contribution in [1.82, 2.24) is 0 Å². The van der Waals surface area contributed by atoms with E-state index >= 15 is 0 Å². The summed E-state index contributed by atoms with van der Waals surface area (Å²) in [6.45, 7) is 4.64. The van der Waals surface area contributed by atoms with E-state index < -0.39 is 0 Å². The van der Waals surface area contributed by atoms with Crippen LogP contribution in [0.1, 0.15) is 65.2 Å². The van der Waals surface area contributed by atoms with Crippen molar-refractivity contribution in [3.63, 3.8) is 0 Å². The van der Waals surface area contributed by atoms with Gasteiger partial charge in [0.2, 0.25) is 0 Å². The molecule has 0 aromatic rings. The third-order valence-electron chi connectivity index (χ3n) is 4.88. The summed E-state index contributed by atoms with van der Waals surface area (Å²) >= 11 is 0. The van der Waals surface area contributed by atoms with Gasteiger partial charge in [-0.05, 0) is 43.4 Å². The fourth-order valence-electron chi connectivity index (χ4n) is 3.62. The second-order valence-corrected chi connectivity index (χ2v) is 6.28. The first-order valence-electron chi connectivity index (χ1n) is 6.81. The molecular weight excluding hydrogens is 184 g/mol. The van der Waals surface area contributed by atoms with Gasteiger partial charge in [-0.1, -0.05) is 39.5 Å². The smallest absolute Gasteiger partial charge is 0.0653 e. The number of aliphatic hydroxyl groups is 1. The Labute approximate surface area is 94.3 Å². The molecule has 3 atom stereocenters. The summed E-state index contributed by atoms with van der Waals surface area (Å²) in [7, 11) is 0. The van der Waals surface area contributed by atoms with E-state index in [4.69, 9.17) is 0 Å². The molecule has 0 aliphatic heterocycles. The molecule has 0 bridgehead atoms. The highest BCUT2D eigenvalue weighted by atomic mass is 16.3. The highest BCUT2D eigenvalue weighted by molar-refractivity contribution is 4.90. The summed E-state index contributed by atoms with van der Waals surface area (Å²) in [5.74, 6) is 2.36. The van der Waals surface area contributed by atoms with E-state index in [1.807, 2.05) is 0 Å². The van der Waals surface area contributed by atoms with Gasteiger partial charge in [0.1, 0.15) is 0 Å². The van der Waals surface area contributed by atoms with Crippen LogP contribution in [0, 0.1) is 17.8 Å². The van der Waals surface area contributed by atoms with Gasteiger partial charge in [-0.3, -0.25) is 0 Å². The quantitative estimate of drug-likeness (QED) is 0.736. The highest BCUT2D eigenvalue weighted by Crippen LogP contribution is 2.42. The minimum atomic E-state index is -0.305. The monoisotopic (exact) mass is 210 g/mol. The van der Waals surface area contributed by atoms with E-state index in [0.29, 0.717) is 5.92 Å². The Morgan fingerprint density at radius 2 is 1.73 bits per heavy atom. The molecule has 0 heterocycles. The second-order valence-electron chi connectivity index (χ2n) is 6.28. The minimum absolute atomic E-state index is 0.305. The number of rotatable bonds is 2. The van der Waals surface area contributed by atoms with Crippen LogP contribution in [0.4, 0.5) is 0 Å². The first kappa shape index (κ1) is 11.4. The Morgan fingerprint density at radius 3 is 2.33 bits per heavy atom. The van der Waals surface area contributed by atoms with Gasteiger partial charge in [0.05, 0.1) is 5.60 Å². The number of hydrogen-bond acceptors (Lipinski definition) is 1. The lowest BCUT2D eigenvalue weighted by molar-refractivity contribution is -0.0459. The van der Waals surface area contributed by atoms with E-state index in [-0.39, 0.29) is 5.60 Å². The zero-order chi connectivity index (χ0) is 10.9. The van der Waals surface area contributed by atoms with Crippen molar-refractivity contribution in [2.24, 2.45) is 17.8 Å². The Balaban J connectivity index is 1.88.